The van der Waals surface area contributed by atoms with Crippen LogP contribution in [0.5, 0.6) is 0 Å². The number of carbonyl (C=O) groups excluding carboxylic acids is 1. The van der Waals surface area contributed by atoms with Crippen molar-refractivity contribution in [2.24, 2.45) is 5.92 Å². The van der Waals surface area contributed by atoms with E-state index in [1.54, 1.807) is 19.2 Å². The number of anilines is 1. The lowest BCUT2D eigenvalue weighted by Gasteiger charge is -2.34. The Balaban J connectivity index is 2.31. The number of nitrogens with zero attached hydrogens (tertiary/aromatic N) is 1. The van der Waals surface area contributed by atoms with Gasteiger partial charge >= 0.3 is 5.97 Å². The summed E-state index contributed by atoms with van der Waals surface area (Å²) in [5.74, 6) is -1.16. The maximum Gasteiger partial charge on any atom is 0.337 e. The van der Waals surface area contributed by atoms with Gasteiger partial charge in [0.25, 0.3) is 0 Å². The predicted octanol–water partition coefficient (Wildman–Crippen LogP) is 2.00. The Labute approximate surface area is 122 Å². The molecular weight excluding hydrogens is 280 g/mol. The topological polar surface area (TPSA) is 69.6 Å². The normalized spacial score (nSPS) is 18.7. The quantitative estimate of drug-likeness (QED) is 0.895. The van der Waals surface area contributed by atoms with E-state index in [1.165, 1.54) is 6.07 Å². The smallest absolute Gasteiger partial charge is 0.337 e. The van der Waals surface area contributed by atoms with Crippen LogP contribution in [0.1, 0.15) is 23.2 Å². The zero-order valence-electron chi connectivity index (χ0n) is 11.2. The third-order valence-corrected chi connectivity index (χ3v) is 3.88. The van der Waals surface area contributed by atoms with E-state index in [-0.39, 0.29) is 17.4 Å². The molecule has 5 nitrogen and oxygen atoms in total. The lowest BCUT2D eigenvalue weighted by atomic mass is 9.96. The summed E-state index contributed by atoms with van der Waals surface area (Å²) in [6.07, 6.45) is 1.64. The highest BCUT2D eigenvalue weighted by molar-refractivity contribution is 6.34. The fourth-order valence-corrected chi connectivity index (χ4v) is 2.90. The number of hydrogen-bond acceptors (Lipinski definition) is 3. The molecule has 2 N–H and O–H groups in total. The molecular formula is C14H17ClN2O3. The van der Waals surface area contributed by atoms with Crippen molar-refractivity contribution in [3.63, 3.8) is 0 Å². The van der Waals surface area contributed by atoms with E-state index < -0.39 is 5.97 Å². The van der Waals surface area contributed by atoms with Crippen LogP contribution in [0.25, 0.3) is 0 Å². The molecule has 1 amide bonds. The fraction of sp³-hybridized carbons (Fsp3) is 0.429. The Bertz CT molecular complexity index is 533. The summed E-state index contributed by atoms with van der Waals surface area (Å²) in [6.45, 7) is 1.20. The molecule has 20 heavy (non-hydrogen) atoms. The van der Waals surface area contributed by atoms with Gasteiger partial charge in [-0.3, -0.25) is 4.79 Å². The highest BCUT2D eigenvalue weighted by Gasteiger charge is 2.28. The van der Waals surface area contributed by atoms with E-state index >= 15 is 0 Å². The summed E-state index contributed by atoms with van der Waals surface area (Å²) in [5, 5.41) is 12.3. The molecule has 0 spiro atoms. The van der Waals surface area contributed by atoms with Crippen LogP contribution in [-0.2, 0) is 4.79 Å². The first-order valence-electron chi connectivity index (χ1n) is 6.53. The molecule has 1 atom stereocenters. The van der Waals surface area contributed by atoms with E-state index in [0.717, 1.165) is 12.8 Å². The first kappa shape index (κ1) is 14.7. The molecule has 0 aromatic heterocycles. The maximum atomic E-state index is 11.8. The molecule has 1 unspecified atom stereocenters. The van der Waals surface area contributed by atoms with Crippen molar-refractivity contribution in [2.45, 2.75) is 12.8 Å². The first-order valence-corrected chi connectivity index (χ1v) is 6.90. The minimum absolute atomic E-state index is 0.0152. The highest BCUT2D eigenvalue weighted by atomic mass is 35.5. The van der Waals surface area contributed by atoms with Gasteiger partial charge in [0, 0.05) is 20.1 Å². The lowest BCUT2D eigenvalue weighted by molar-refractivity contribution is -0.124. The molecule has 1 aromatic carbocycles. The molecule has 1 heterocycles. The van der Waals surface area contributed by atoms with Crippen LogP contribution in [0.4, 0.5) is 5.69 Å². The van der Waals surface area contributed by atoms with Gasteiger partial charge in [-0.1, -0.05) is 17.7 Å². The van der Waals surface area contributed by atoms with Gasteiger partial charge in [-0.05, 0) is 25.0 Å². The molecule has 1 aromatic rings. The van der Waals surface area contributed by atoms with Crippen LogP contribution in [-0.4, -0.2) is 37.1 Å². The number of carboxylic acid groups (broad SMARTS) is 1. The van der Waals surface area contributed by atoms with Crippen molar-refractivity contribution in [2.75, 3.05) is 25.0 Å². The number of amides is 1. The lowest BCUT2D eigenvalue weighted by Crippen LogP contribution is -2.42. The molecule has 2 rings (SSSR count). The molecule has 1 aliphatic rings. The second-order valence-corrected chi connectivity index (χ2v) is 5.25. The second kappa shape index (κ2) is 6.13. The van der Waals surface area contributed by atoms with E-state index in [0.29, 0.717) is 23.8 Å². The summed E-state index contributed by atoms with van der Waals surface area (Å²) in [4.78, 5) is 25.0. The number of piperidine rings is 1. The standard InChI is InChI=1S/C14H17ClN2O3/c1-16-13(18)9-4-3-7-17(8-9)12-10(14(19)20)5-2-6-11(12)15/h2,5-6,9H,3-4,7-8H2,1H3,(H,16,18)(H,19,20). The van der Waals surface area contributed by atoms with Crippen molar-refractivity contribution in [1.82, 2.24) is 5.32 Å². The third-order valence-electron chi connectivity index (χ3n) is 3.57. The number of nitrogens with one attached hydrogen (secondary N) is 1. The SMILES string of the molecule is CNC(=O)C1CCCN(c2c(Cl)cccc2C(=O)O)C1. The third kappa shape index (κ3) is 2.88. The Morgan fingerprint density at radius 3 is 2.85 bits per heavy atom. The van der Waals surface area contributed by atoms with Crippen LogP contribution in [0, 0.1) is 5.92 Å². The zero-order valence-corrected chi connectivity index (χ0v) is 12.0. The van der Waals surface area contributed by atoms with E-state index in [2.05, 4.69) is 5.32 Å². The van der Waals surface area contributed by atoms with Crippen LogP contribution >= 0.6 is 11.6 Å². The molecule has 6 heteroatoms. The predicted molar refractivity (Wildman–Crippen MR) is 77.4 cm³/mol. The van der Waals surface area contributed by atoms with Gasteiger partial charge in [-0.15, -0.1) is 0 Å². The van der Waals surface area contributed by atoms with Crippen molar-refractivity contribution in [1.29, 1.82) is 0 Å². The number of rotatable bonds is 3. The van der Waals surface area contributed by atoms with Crippen LogP contribution in [0.3, 0.4) is 0 Å². The van der Waals surface area contributed by atoms with Crippen LogP contribution in [0.15, 0.2) is 18.2 Å². The van der Waals surface area contributed by atoms with E-state index in [4.69, 9.17) is 11.6 Å². The summed E-state index contributed by atoms with van der Waals surface area (Å²) in [6, 6.07) is 4.83. The van der Waals surface area contributed by atoms with Crippen molar-refractivity contribution >= 4 is 29.2 Å². The molecule has 108 valence electrons. The van der Waals surface area contributed by atoms with Gasteiger partial charge in [-0.2, -0.15) is 0 Å². The summed E-state index contributed by atoms with van der Waals surface area (Å²) < 4.78 is 0. The fourth-order valence-electron chi connectivity index (χ4n) is 2.61. The maximum absolute atomic E-state index is 11.8. The number of carboxylic acids is 1. The Kier molecular flexibility index (Phi) is 4.49. The van der Waals surface area contributed by atoms with Gasteiger partial charge in [-0.25, -0.2) is 4.79 Å². The average Bonchev–Trinajstić information content (AvgIpc) is 2.46. The number of hydrogen-bond donors (Lipinski definition) is 2. The Morgan fingerprint density at radius 2 is 2.20 bits per heavy atom. The number of aromatic carboxylic acids is 1. The molecule has 1 saturated heterocycles. The number of carbonyl (C=O) groups is 2. The summed E-state index contributed by atoms with van der Waals surface area (Å²) >= 11 is 6.16. The highest BCUT2D eigenvalue weighted by Crippen LogP contribution is 2.33. The Hall–Kier alpha value is -1.75. The zero-order chi connectivity index (χ0) is 14.7. The van der Waals surface area contributed by atoms with Crippen LogP contribution < -0.4 is 10.2 Å². The average molecular weight is 297 g/mol. The van der Waals surface area contributed by atoms with Gasteiger partial charge in [0.1, 0.15) is 0 Å². The van der Waals surface area contributed by atoms with Gasteiger partial charge in [0.2, 0.25) is 5.91 Å². The summed E-state index contributed by atoms with van der Waals surface area (Å²) in [7, 11) is 1.61. The summed E-state index contributed by atoms with van der Waals surface area (Å²) in [5.41, 5.74) is 0.685. The number of halogens is 1. The van der Waals surface area contributed by atoms with Gasteiger partial charge in [0.15, 0.2) is 0 Å². The second-order valence-electron chi connectivity index (χ2n) is 4.84. The molecule has 0 aliphatic carbocycles. The molecule has 1 aliphatic heterocycles. The molecule has 1 fully saturated rings. The largest absolute Gasteiger partial charge is 0.478 e. The van der Waals surface area contributed by atoms with Gasteiger partial charge in [0.05, 0.1) is 22.2 Å². The van der Waals surface area contributed by atoms with Crippen molar-refractivity contribution in [3.8, 4) is 0 Å². The van der Waals surface area contributed by atoms with Gasteiger partial charge < -0.3 is 15.3 Å². The van der Waals surface area contributed by atoms with E-state index in [1.807, 2.05) is 4.90 Å². The van der Waals surface area contributed by atoms with Crippen molar-refractivity contribution < 1.29 is 14.7 Å². The number of benzene rings is 1. The number of para-hydroxylation sites is 1. The molecule has 0 bridgehead atoms. The van der Waals surface area contributed by atoms with Crippen molar-refractivity contribution in [3.05, 3.63) is 28.8 Å². The van der Waals surface area contributed by atoms with E-state index in [9.17, 15) is 14.7 Å². The first-order chi connectivity index (χ1) is 9.54. The molecule has 0 saturated carbocycles. The minimum Gasteiger partial charge on any atom is -0.478 e. The monoisotopic (exact) mass is 296 g/mol. The van der Waals surface area contributed by atoms with Crippen LogP contribution in [0.2, 0.25) is 5.02 Å². The molecule has 0 radical (unpaired) electrons. The Morgan fingerprint density at radius 1 is 1.45 bits per heavy atom. The minimum atomic E-state index is -1.01.